The van der Waals surface area contributed by atoms with Crippen LogP contribution in [0, 0.1) is 0 Å². The molecule has 2 N–H and O–H groups in total. The molecule has 1 saturated heterocycles. The van der Waals surface area contributed by atoms with Crippen molar-refractivity contribution in [2.45, 2.75) is 57.7 Å². The Kier molecular flexibility index (Phi) is 6.57. The van der Waals surface area contributed by atoms with Gasteiger partial charge in [0.25, 0.3) is 0 Å². The standard InChI is InChI=1S/C25H33N5O3/c1-17(31)26-19-4-2-18(3-5-19)24-27-23-16-30(20-6-8-21(32)9-7-20)11-10-22(23)25(28-24)29-12-14-33-15-13-29/h2-5,20-21,32H,6-16H2,1H3,(H,26,31). The Bertz CT molecular complexity index is 982. The molecule has 1 aromatic heterocycles. The van der Waals surface area contributed by atoms with Crippen LogP contribution >= 0.6 is 0 Å². The second-order valence-electron chi connectivity index (χ2n) is 9.34. The zero-order chi connectivity index (χ0) is 22.8. The van der Waals surface area contributed by atoms with Crippen LogP contribution in [0.3, 0.4) is 0 Å². The maximum Gasteiger partial charge on any atom is 0.221 e. The Hall–Kier alpha value is -2.55. The number of nitrogens with one attached hydrogen (secondary N) is 1. The van der Waals surface area contributed by atoms with Gasteiger partial charge < -0.3 is 20.1 Å². The van der Waals surface area contributed by atoms with E-state index in [4.69, 9.17) is 14.7 Å². The zero-order valence-corrected chi connectivity index (χ0v) is 19.3. The number of anilines is 2. The minimum Gasteiger partial charge on any atom is -0.393 e. The van der Waals surface area contributed by atoms with Gasteiger partial charge in [0.05, 0.1) is 25.0 Å². The van der Waals surface area contributed by atoms with Gasteiger partial charge in [-0.05, 0) is 56.4 Å². The molecule has 1 aromatic carbocycles. The minimum atomic E-state index is -0.138. The molecule has 0 atom stereocenters. The Morgan fingerprint density at radius 3 is 2.48 bits per heavy atom. The summed E-state index contributed by atoms with van der Waals surface area (Å²) in [5, 5.41) is 12.7. The number of aromatic nitrogens is 2. The number of benzene rings is 1. The molecule has 3 heterocycles. The Balaban J connectivity index is 1.46. The number of ether oxygens (including phenoxy) is 1. The SMILES string of the molecule is CC(=O)Nc1ccc(-c2nc3c(c(N4CCOCC4)n2)CCN(C2CCC(O)CC2)C3)cc1. The van der Waals surface area contributed by atoms with E-state index in [9.17, 15) is 9.90 Å². The highest BCUT2D eigenvalue weighted by atomic mass is 16.5. The molecule has 0 bridgehead atoms. The first-order valence-electron chi connectivity index (χ1n) is 12.1. The molecule has 2 aromatic rings. The fraction of sp³-hybridized carbons (Fsp3) is 0.560. The van der Waals surface area contributed by atoms with E-state index in [2.05, 4.69) is 15.1 Å². The summed E-state index contributed by atoms with van der Waals surface area (Å²) in [7, 11) is 0. The maximum absolute atomic E-state index is 11.4. The first-order valence-corrected chi connectivity index (χ1v) is 12.1. The molecule has 1 saturated carbocycles. The second kappa shape index (κ2) is 9.75. The molecule has 8 nitrogen and oxygen atoms in total. The predicted molar refractivity (Wildman–Crippen MR) is 127 cm³/mol. The lowest BCUT2D eigenvalue weighted by Crippen LogP contribution is -2.43. The van der Waals surface area contributed by atoms with Gasteiger partial charge in [-0.2, -0.15) is 0 Å². The monoisotopic (exact) mass is 451 g/mol. The number of nitrogens with zero attached hydrogens (tertiary/aromatic N) is 4. The largest absolute Gasteiger partial charge is 0.393 e. The molecule has 33 heavy (non-hydrogen) atoms. The highest BCUT2D eigenvalue weighted by molar-refractivity contribution is 5.88. The Labute approximate surface area is 195 Å². The van der Waals surface area contributed by atoms with E-state index in [1.165, 1.54) is 12.5 Å². The number of aliphatic hydroxyl groups excluding tert-OH is 1. The molecule has 1 aliphatic carbocycles. The zero-order valence-electron chi connectivity index (χ0n) is 19.3. The van der Waals surface area contributed by atoms with Crippen molar-refractivity contribution in [2.75, 3.05) is 43.1 Å². The second-order valence-corrected chi connectivity index (χ2v) is 9.34. The summed E-state index contributed by atoms with van der Waals surface area (Å²) in [6, 6.07) is 8.25. The third kappa shape index (κ3) is 5.03. The van der Waals surface area contributed by atoms with E-state index in [1.54, 1.807) is 0 Å². The fourth-order valence-corrected chi connectivity index (χ4v) is 5.24. The Morgan fingerprint density at radius 1 is 1.06 bits per heavy atom. The number of rotatable bonds is 4. The normalized spacial score (nSPS) is 23.8. The molecule has 1 amide bonds. The number of hydrogen-bond donors (Lipinski definition) is 2. The van der Waals surface area contributed by atoms with Crippen molar-refractivity contribution in [3.05, 3.63) is 35.5 Å². The summed E-state index contributed by atoms with van der Waals surface area (Å²) in [5.74, 6) is 1.69. The number of morpholine rings is 1. The van der Waals surface area contributed by atoms with Crippen LogP contribution in [0.15, 0.2) is 24.3 Å². The van der Waals surface area contributed by atoms with Gasteiger partial charge in [-0.25, -0.2) is 9.97 Å². The average molecular weight is 452 g/mol. The number of hydrogen-bond acceptors (Lipinski definition) is 7. The quantitative estimate of drug-likeness (QED) is 0.738. The topological polar surface area (TPSA) is 90.8 Å². The van der Waals surface area contributed by atoms with Crippen molar-refractivity contribution in [3.8, 4) is 11.4 Å². The number of carbonyl (C=O) groups is 1. The summed E-state index contributed by atoms with van der Waals surface area (Å²) in [5.41, 5.74) is 4.09. The van der Waals surface area contributed by atoms with Crippen LogP contribution in [0.5, 0.6) is 0 Å². The van der Waals surface area contributed by atoms with Gasteiger partial charge in [-0.15, -0.1) is 0 Å². The van der Waals surface area contributed by atoms with E-state index in [1.807, 2.05) is 24.3 Å². The van der Waals surface area contributed by atoms with Crippen molar-refractivity contribution >= 4 is 17.4 Å². The molecule has 2 aliphatic heterocycles. The molecular formula is C25H33N5O3. The minimum absolute atomic E-state index is 0.0855. The number of carbonyl (C=O) groups excluding carboxylic acids is 1. The van der Waals surface area contributed by atoms with Crippen molar-refractivity contribution in [1.82, 2.24) is 14.9 Å². The predicted octanol–water partition coefficient (Wildman–Crippen LogP) is 2.60. The van der Waals surface area contributed by atoms with Crippen LogP contribution in [0.2, 0.25) is 0 Å². The van der Waals surface area contributed by atoms with Crippen LogP contribution in [0.4, 0.5) is 11.5 Å². The number of amides is 1. The molecule has 176 valence electrons. The summed E-state index contributed by atoms with van der Waals surface area (Å²) >= 11 is 0. The van der Waals surface area contributed by atoms with Crippen LogP contribution in [-0.4, -0.2) is 70.9 Å². The van der Waals surface area contributed by atoms with Crippen molar-refractivity contribution in [2.24, 2.45) is 0 Å². The maximum atomic E-state index is 11.4. The smallest absolute Gasteiger partial charge is 0.221 e. The van der Waals surface area contributed by atoms with Gasteiger partial charge in [0.2, 0.25) is 5.91 Å². The van der Waals surface area contributed by atoms with Gasteiger partial charge in [-0.3, -0.25) is 9.69 Å². The van der Waals surface area contributed by atoms with Crippen molar-refractivity contribution in [3.63, 3.8) is 0 Å². The van der Waals surface area contributed by atoms with Gasteiger partial charge in [0.15, 0.2) is 5.82 Å². The summed E-state index contributed by atoms with van der Waals surface area (Å²) in [6.45, 7) is 6.47. The van der Waals surface area contributed by atoms with Gasteiger partial charge in [0.1, 0.15) is 5.82 Å². The van der Waals surface area contributed by atoms with Crippen molar-refractivity contribution < 1.29 is 14.6 Å². The fourth-order valence-electron chi connectivity index (χ4n) is 5.24. The van der Waals surface area contributed by atoms with Crippen LogP contribution in [0.1, 0.15) is 43.9 Å². The summed E-state index contributed by atoms with van der Waals surface area (Å²) < 4.78 is 5.58. The molecule has 3 aliphatic rings. The highest BCUT2D eigenvalue weighted by Gasteiger charge is 2.31. The van der Waals surface area contributed by atoms with Crippen molar-refractivity contribution in [1.29, 1.82) is 0 Å². The molecule has 5 rings (SSSR count). The lowest BCUT2D eigenvalue weighted by molar-refractivity contribution is -0.114. The van der Waals surface area contributed by atoms with E-state index < -0.39 is 0 Å². The molecule has 2 fully saturated rings. The Morgan fingerprint density at radius 2 is 1.79 bits per heavy atom. The van der Waals surface area contributed by atoms with Gasteiger partial charge in [-0.1, -0.05) is 0 Å². The molecular weight excluding hydrogens is 418 g/mol. The summed E-state index contributed by atoms with van der Waals surface area (Å²) in [4.78, 5) is 26.3. The van der Waals surface area contributed by atoms with Gasteiger partial charge >= 0.3 is 0 Å². The van der Waals surface area contributed by atoms with E-state index in [0.29, 0.717) is 6.04 Å². The van der Waals surface area contributed by atoms with E-state index in [-0.39, 0.29) is 12.0 Å². The average Bonchev–Trinajstić information content (AvgIpc) is 2.84. The molecule has 8 heteroatoms. The summed E-state index contributed by atoms with van der Waals surface area (Å²) in [6.07, 6.45) is 4.69. The van der Waals surface area contributed by atoms with Crippen LogP contribution in [0.25, 0.3) is 11.4 Å². The third-order valence-corrected chi connectivity index (χ3v) is 7.03. The molecule has 0 spiro atoms. The van der Waals surface area contributed by atoms with Gasteiger partial charge in [0, 0.05) is 56.0 Å². The third-order valence-electron chi connectivity index (χ3n) is 7.03. The lowest BCUT2D eigenvalue weighted by atomic mass is 9.90. The van der Waals surface area contributed by atoms with E-state index >= 15 is 0 Å². The molecule has 0 radical (unpaired) electrons. The van der Waals surface area contributed by atoms with Crippen LogP contribution < -0.4 is 10.2 Å². The van der Waals surface area contributed by atoms with E-state index in [0.717, 1.165) is 100 Å². The van der Waals surface area contributed by atoms with Crippen LogP contribution in [-0.2, 0) is 22.5 Å². The highest BCUT2D eigenvalue weighted by Crippen LogP contribution is 2.33. The number of fused-ring (bicyclic) bond motifs is 1. The lowest BCUT2D eigenvalue weighted by Gasteiger charge is -2.39. The number of aliphatic hydroxyl groups is 1. The first-order chi connectivity index (χ1) is 16.1. The first kappa shape index (κ1) is 22.3. The molecule has 0 unspecified atom stereocenters.